The first kappa shape index (κ1) is 46.0. The minimum absolute atomic E-state index is 1.23. The van der Waals surface area contributed by atoms with Gasteiger partial charge in [0.25, 0.3) is 0 Å². The molecule has 0 aromatic rings. The van der Waals surface area contributed by atoms with Crippen LogP contribution in [0.5, 0.6) is 0 Å². The van der Waals surface area contributed by atoms with Crippen molar-refractivity contribution in [3.63, 3.8) is 0 Å². The highest BCUT2D eigenvalue weighted by molar-refractivity contribution is 6.93. The molecule has 1 aliphatic heterocycles. The summed E-state index contributed by atoms with van der Waals surface area (Å²) in [4.78, 5) is 0. The predicted molar refractivity (Wildman–Crippen MR) is 207 cm³/mol. The molecule has 0 spiro atoms. The van der Waals surface area contributed by atoms with Crippen molar-refractivity contribution in [3.8, 4) is 0 Å². The van der Waals surface area contributed by atoms with E-state index in [2.05, 4.69) is 157 Å². The average Bonchev–Trinajstić information content (AvgIpc) is 2.37. The summed E-state index contributed by atoms with van der Waals surface area (Å²) in [6.45, 7) is 51.8. The zero-order valence-corrected chi connectivity index (χ0v) is 42.3. The number of hydrogen-bond donors (Lipinski definition) is 0. The van der Waals surface area contributed by atoms with Gasteiger partial charge in [0.1, 0.15) is 0 Å². The van der Waals surface area contributed by atoms with Crippen molar-refractivity contribution in [3.05, 3.63) is 0 Å². The molecule has 42 heavy (non-hydrogen) atoms. The molecular formula is C24H72O8Si10. The standard InChI is InChI=1S/C10H30O3Si4.C8H24O4Si4.C6H18OSi2/c1-14(2,3)11-17(10,12-15(4,5)6)13-16(7,8)9;1-13(2)9-14(3,4)11-16(7,8)12-15(5,6)10-13;1-8(2,3)7-9(4,5)6/h1-10H3;1-8H3;1-6H3. The second-order valence-corrected chi connectivity index (χ2v) is 58.4. The Morgan fingerprint density at radius 1 is 0.286 bits per heavy atom. The summed E-state index contributed by atoms with van der Waals surface area (Å²) < 4.78 is 49.4. The maximum atomic E-state index is 6.28. The highest BCUT2D eigenvalue weighted by Gasteiger charge is 2.50. The van der Waals surface area contributed by atoms with Gasteiger partial charge in [-0.1, -0.05) is 0 Å². The van der Waals surface area contributed by atoms with Crippen LogP contribution in [-0.2, 0) is 32.9 Å². The summed E-state index contributed by atoms with van der Waals surface area (Å²) >= 11 is 0. The van der Waals surface area contributed by atoms with E-state index in [4.69, 9.17) is 32.9 Å². The number of rotatable bonds is 8. The molecule has 0 radical (unpaired) electrons. The summed E-state index contributed by atoms with van der Waals surface area (Å²) in [7, 11) is -18.3. The third kappa shape index (κ3) is 28.1. The Labute approximate surface area is 273 Å². The smallest absolute Gasteiger partial charge is 0.456 e. The maximum Gasteiger partial charge on any atom is 0.466 e. The van der Waals surface area contributed by atoms with E-state index in [0.717, 1.165) is 0 Å². The van der Waals surface area contributed by atoms with Gasteiger partial charge in [0.2, 0.25) is 0 Å². The minimum Gasteiger partial charge on any atom is -0.456 e. The first-order chi connectivity index (χ1) is 17.7. The van der Waals surface area contributed by atoms with E-state index < -0.39 is 84.6 Å². The second-order valence-electron chi connectivity index (χ2n) is 17.8. The lowest BCUT2D eigenvalue weighted by Gasteiger charge is -2.46. The molecule has 1 aliphatic rings. The van der Waals surface area contributed by atoms with Gasteiger partial charge in [-0.25, -0.2) is 0 Å². The molecule has 1 fully saturated rings. The van der Waals surface area contributed by atoms with Crippen LogP contribution in [0.2, 0.25) is 157 Å². The van der Waals surface area contributed by atoms with Crippen LogP contribution < -0.4 is 0 Å². The lowest BCUT2D eigenvalue weighted by atomic mass is 11.8. The Kier molecular flexibility index (Phi) is 16.8. The van der Waals surface area contributed by atoms with Crippen molar-refractivity contribution >= 4 is 84.6 Å². The Morgan fingerprint density at radius 3 is 0.524 bits per heavy atom. The van der Waals surface area contributed by atoms with Crippen molar-refractivity contribution in [2.24, 2.45) is 0 Å². The Balaban J connectivity index is 0. The van der Waals surface area contributed by atoms with Crippen molar-refractivity contribution < 1.29 is 32.9 Å². The van der Waals surface area contributed by atoms with E-state index in [-0.39, 0.29) is 0 Å². The molecule has 0 unspecified atom stereocenters. The third-order valence-electron chi connectivity index (χ3n) is 4.05. The Hall–Kier alpha value is 1.85. The Bertz CT molecular complexity index is 697. The minimum atomic E-state index is -2.47. The van der Waals surface area contributed by atoms with Crippen LogP contribution >= 0.6 is 0 Å². The van der Waals surface area contributed by atoms with Crippen molar-refractivity contribution in [1.82, 2.24) is 0 Å². The van der Waals surface area contributed by atoms with E-state index in [9.17, 15) is 0 Å². The normalized spacial score (nSPS) is 21.1. The molecule has 1 saturated heterocycles. The zero-order chi connectivity index (χ0) is 34.7. The molecule has 0 atom stereocenters. The van der Waals surface area contributed by atoms with E-state index in [1.54, 1.807) is 0 Å². The van der Waals surface area contributed by atoms with Gasteiger partial charge in [0, 0.05) is 6.55 Å². The van der Waals surface area contributed by atoms with Crippen LogP contribution in [0.3, 0.4) is 0 Å². The van der Waals surface area contributed by atoms with Gasteiger partial charge in [-0.3, -0.25) is 0 Å². The van der Waals surface area contributed by atoms with Gasteiger partial charge in [-0.2, -0.15) is 0 Å². The Morgan fingerprint density at radius 2 is 0.429 bits per heavy atom. The van der Waals surface area contributed by atoms with Crippen molar-refractivity contribution in [2.75, 3.05) is 0 Å². The fourth-order valence-electron chi connectivity index (χ4n) is 5.10. The summed E-state index contributed by atoms with van der Waals surface area (Å²) in [5, 5.41) is 0. The average molecular weight is 770 g/mol. The van der Waals surface area contributed by atoms with E-state index >= 15 is 0 Å². The fourth-order valence-corrected chi connectivity index (χ4v) is 48.5. The highest BCUT2D eigenvalue weighted by Crippen LogP contribution is 2.30. The van der Waals surface area contributed by atoms with Gasteiger partial charge < -0.3 is 32.9 Å². The van der Waals surface area contributed by atoms with Crippen molar-refractivity contribution in [2.45, 2.75) is 157 Å². The molecule has 256 valence electrons. The monoisotopic (exact) mass is 768 g/mol. The van der Waals surface area contributed by atoms with Gasteiger partial charge >= 0.3 is 43.0 Å². The summed E-state index contributed by atoms with van der Waals surface area (Å²) in [6.07, 6.45) is 0. The van der Waals surface area contributed by atoms with Crippen LogP contribution in [0.25, 0.3) is 0 Å². The molecule has 0 amide bonds. The van der Waals surface area contributed by atoms with Gasteiger partial charge in [-0.05, 0) is 151 Å². The lowest BCUT2D eigenvalue weighted by Crippen LogP contribution is -2.64. The summed E-state index contributed by atoms with van der Waals surface area (Å²) in [5.74, 6) is 0. The van der Waals surface area contributed by atoms with Crippen LogP contribution in [0, 0.1) is 0 Å². The van der Waals surface area contributed by atoms with Crippen LogP contribution in [0.1, 0.15) is 0 Å². The van der Waals surface area contributed by atoms with Crippen LogP contribution in [0.15, 0.2) is 0 Å². The first-order valence-electron chi connectivity index (χ1n) is 15.3. The molecule has 0 aromatic carbocycles. The molecule has 1 heterocycles. The molecular weight excluding hydrogens is 697 g/mol. The summed E-state index contributed by atoms with van der Waals surface area (Å²) in [6, 6.07) is 0. The molecule has 0 bridgehead atoms. The van der Waals surface area contributed by atoms with E-state index in [1.165, 1.54) is 0 Å². The molecule has 0 N–H and O–H groups in total. The molecule has 0 aromatic heterocycles. The maximum absolute atomic E-state index is 6.28. The largest absolute Gasteiger partial charge is 0.466 e. The SMILES string of the molecule is C[Si](C)(C)O[Si](C)(C)C.C[Si](C)(C)O[Si](C)(O[Si](C)(C)C)O[Si](C)(C)C.C[Si]1(C)O[Si](C)(C)O[Si](C)(C)O[Si](C)(C)O1. The summed E-state index contributed by atoms with van der Waals surface area (Å²) in [5.41, 5.74) is 0. The second kappa shape index (κ2) is 15.4. The molecule has 1 rings (SSSR count). The van der Waals surface area contributed by atoms with Gasteiger partial charge in [0.15, 0.2) is 41.6 Å². The highest BCUT2D eigenvalue weighted by atomic mass is 28.5. The van der Waals surface area contributed by atoms with E-state index in [0.29, 0.717) is 0 Å². The molecule has 0 aliphatic carbocycles. The van der Waals surface area contributed by atoms with Crippen LogP contribution in [0.4, 0.5) is 0 Å². The molecule has 0 saturated carbocycles. The third-order valence-corrected chi connectivity index (χ3v) is 36.5. The van der Waals surface area contributed by atoms with Gasteiger partial charge in [0.05, 0.1) is 0 Å². The molecule has 8 nitrogen and oxygen atoms in total. The first-order valence-corrected chi connectivity index (χ1v) is 45.8. The zero-order valence-electron chi connectivity index (χ0n) is 32.3. The quantitative estimate of drug-likeness (QED) is 0.226. The fraction of sp³-hybridized carbons (Fsp3) is 1.00. The lowest BCUT2D eigenvalue weighted by molar-refractivity contribution is 0.238. The van der Waals surface area contributed by atoms with Crippen LogP contribution in [-0.4, -0.2) is 84.6 Å². The van der Waals surface area contributed by atoms with Gasteiger partial charge in [-0.15, -0.1) is 0 Å². The molecule has 18 heteroatoms. The topological polar surface area (TPSA) is 73.8 Å². The van der Waals surface area contributed by atoms with Crippen molar-refractivity contribution in [1.29, 1.82) is 0 Å². The predicted octanol–water partition coefficient (Wildman–Crippen LogP) is 9.66. The van der Waals surface area contributed by atoms with E-state index in [1.807, 2.05) is 0 Å². The number of hydrogen-bond acceptors (Lipinski definition) is 8.